The quantitative estimate of drug-likeness (QED) is 0.306. The maximum Gasteiger partial charge on any atom is 0.332 e. The predicted molar refractivity (Wildman–Crippen MR) is 126 cm³/mol. The van der Waals surface area contributed by atoms with Crippen LogP contribution in [0, 0.1) is 0 Å². The zero-order valence-corrected chi connectivity index (χ0v) is 18.8. The third kappa shape index (κ3) is 4.31. The van der Waals surface area contributed by atoms with Crippen LogP contribution in [0.4, 0.5) is 0 Å². The van der Waals surface area contributed by atoms with Crippen LogP contribution in [-0.4, -0.2) is 30.2 Å². The molecule has 0 saturated heterocycles. The standard InChI is InChI=1S/C24H24N4O3S/c1-26-21-20(22(30)27(2)24(26)31)28(15-9-12-17-10-5-3-6-11-17)23(25-21)32-16-19(29)18-13-7-4-8-14-18/h3-8,10-11,13-14H,9,12,15-16H2,1-2H3. The second-order valence-electron chi connectivity index (χ2n) is 7.59. The molecular weight excluding hydrogens is 424 g/mol. The van der Waals surface area contributed by atoms with Crippen molar-refractivity contribution in [2.45, 2.75) is 24.5 Å². The van der Waals surface area contributed by atoms with Crippen molar-refractivity contribution in [3.05, 3.63) is 92.6 Å². The molecule has 0 amide bonds. The summed E-state index contributed by atoms with van der Waals surface area (Å²) in [6.07, 6.45) is 1.64. The summed E-state index contributed by atoms with van der Waals surface area (Å²) in [4.78, 5) is 42.5. The zero-order valence-electron chi connectivity index (χ0n) is 18.0. The number of Topliss-reactive ketones (excluding diaryl/α,β-unsaturated/α-hetero) is 1. The van der Waals surface area contributed by atoms with Gasteiger partial charge in [-0.05, 0) is 18.4 Å². The molecule has 4 aromatic rings. The molecule has 0 saturated carbocycles. The fraction of sp³-hybridized carbons (Fsp3) is 0.250. The molecule has 0 unspecified atom stereocenters. The van der Waals surface area contributed by atoms with E-state index in [1.54, 1.807) is 19.2 Å². The molecule has 0 atom stereocenters. The number of benzene rings is 2. The lowest BCUT2D eigenvalue weighted by molar-refractivity contribution is 0.102. The highest BCUT2D eigenvalue weighted by Gasteiger charge is 2.20. The van der Waals surface area contributed by atoms with Crippen molar-refractivity contribution in [2.75, 3.05) is 5.75 Å². The second-order valence-corrected chi connectivity index (χ2v) is 8.53. The van der Waals surface area contributed by atoms with Gasteiger partial charge in [0.05, 0.1) is 5.75 Å². The first kappa shape index (κ1) is 21.8. The SMILES string of the molecule is Cn1c(=O)c2c(nc(SCC(=O)c3ccccc3)n2CCCc2ccccc2)n(C)c1=O. The van der Waals surface area contributed by atoms with Crippen LogP contribution in [0.3, 0.4) is 0 Å². The van der Waals surface area contributed by atoms with Crippen LogP contribution in [0.15, 0.2) is 75.4 Å². The van der Waals surface area contributed by atoms with E-state index in [1.807, 2.05) is 41.0 Å². The Bertz CT molecular complexity index is 1370. The van der Waals surface area contributed by atoms with Gasteiger partial charge in [0.25, 0.3) is 5.56 Å². The normalized spacial score (nSPS) is 11.2. The van der Waals surface area contributed by atoms with Crippen LogP contribution in [0.1, 0.15) is 22.3 Å². The number of fused-ring (bicyclic) bond motifs is 1. The summed E-state index contributed by atoms with van der Waals surface area (Å²) in [5.74, 6) is 0.181. The minimum Gasteiger partial charge on any atom is -0.313 e. The first-order valence-electron chi connectivity index (χ1n) is 10.4. The molecule has 0 bridgehead atoms. The molecule has 2 aromatic heterocycles. The lowest BCUT2D eigenvalue weighted by Crippen LogP contribution is -2.37. The molecule has 0 aliphatic carbocycles. The fourth-order valence-electron chi connectivity index (χ4n) is 3.67. The van der Waals surface area contributed by atoms with Gasteiger partial charge in [0.1, 0.15) is 0 Å². The van der Waals surface area contributed by atoms with Crippen molar-refractivity contribution in [3.8, 4) is 0 Å². The van der Waals surface area contributed by atoms with Gasteiger partial charge >= 0.3 is 5.69 Å². The predicted octanol–water partition coefficient (Wildman–Crippen LogP) is 3.04. The van der Waals surface area contributed by atoms with E-state index >= 15 is 0 Å². The molecule has 0 radical (unpaired) electrons. The molecule has 0 aliphatic heterocycles. The van der Waals surface area contributed by atoms with E-state index in [-0.39, 0.29) is 17.1 Å². The number of hydrogen-bond donors (Lipinski definition) is 0. The van der Waals surface area contributed by atoms with Crippen molar-refractivity contribution in [2.24, 2.45) is 14.1 Å². The monoisotopic (exact) mass is 448 g/mol. The van der Waals surface area contributed by atoms with Crippen LogP contribution in [-0.2, 0) is 27.1 Å². The van der Waals surface area contributed by atoms with Crippen molar-refractivity contribution in [1.82, 2.24) is 18.7 Å². The number of thioether (sulfide) groups is 1. The van der Waals surface area contributed by atoms with Crippen LogP contribution in [0.5, 0.6) is 0 Å². The zero-order chi connectivity index (χ0) is 22.7. The molecule has 0 spiro atoms. The lowest BCUT2D eigenvalue weighted by atomic mass is 10.1. The van der Waals surface area contributed by atoms with Crippen molar-refractivity contribution in [3.63, 3.8) is 0 Å². The highest BCUT2D eigenvalue weighted by molar-refractivity contribution is 7.99. The van der Waals surface area contributed by atoms with Crippen LogP contribution in [0.2, 0.25) is 0 Å². The molecule has 2 aromatic carbocycles. The van der Waals surface area contributed by atoms with Crippen molar-refractivity contribution < 1.29 is 4.79 Å². The Kier molecular flexibility index (Phi) is 6.41. The topological polar surface area (TPSA) is 78.9 Å². The molecule has 164 valence electrons. The summed E-state index contributed by atoms with van der Waals surface area (Å²) in [6.45, 7) is 0.556. The summed E-state index contributed by atoms with van der Waals surface area (Å²) in [5.41, 5.74) is 1.77. The van der Waals surface area contributed by atoms with Gasteiger partial charge in [0.2, 0.25) is 0 Å². The maximum absolute atomic E-state index is 12.9. The van der Waals surface area contributed by atoms with Crippen molar-refractivity contribution >= 4 is 28.7 Å². The Morgan fingerprint density at radius 2 is 1.59 bits per heavy atom. The highest BCUT2D eigenvalue weighted by Crippen LogP contribution is 2.23. The third-order valence-corrected chi connectivity index (χ3v) is 6.41. The Hall–Kier alpha value is -3.39. The van der Waals surface area contributed by atoms with Crippen molar-refractivity contribution in [1.29, 1.82) is 0 Å². The molecule has 4 rings (SSSR count). The lowest BCUT2D eigenvalue weighted by Gasteiger charge is -2.09. The second kappa shape index (κ2) is 9.40. The minimum absolute atomic E-state index is 0.0136. The average molecular weight is 449 g/mol. The molecule has 7 nitrogen and oxygen atoms in total. The van der Waals surface area contributed by atoms with Gasteiger partial charge in [-0.3, -0.25) is 18.7 Å². The summed E-state index contributed by atoms with van der Waals surface area (Å²) in [7, 11) is 3.08. The van der Waals surface area contributed by atoms with E-state index in [0.29, 0.717) is 28.4 Å². The largest absolute Gasteiger partial charge is 0.332 e. The fourth-order valence-corrected chi connectivity index (χ4v) is 4.58. The highest BCUT2D eigenvalue weighted by atomic mass is 32.2. The van der Waals surface area contributed by atoms with E-state index in [1.165, 1.54) is 28.9 Å². The van der Waals surface area contributed by atoms with E-state index in [2.05, 4.69) is 17.1 Å². The number of aromatic nitrogens is 4. The number of rotatable bonds is 8. The first-order chi connectivity index (χ1) is 15.5. The molecule has 0 fully saturated rings. The van der Waals surface area contributed by atoms with Gasteiger partial charge in [-0.15, -0.1) is 0 Å². The number of aryl methyl sites for hydroxylation is 3. The van der Waals surface area contributed by atoms with E-state index in [0.717, 1.165) is 17.4 Å². The first-order valence-corrected chi connectivity index (χ1v) is 11.4. The molecular formula is C24H24N4O3S. The maximum atomic E-state index is 12.9. The van der Waals surface area contributed by atoms with Gasteiger partial charge in [0.15, 0.2) is 22.1 Å². The molecule has 2 heterocycles. The average Bonchev–Trinajstić information content (AvgIpc) is 3.19. The van der Waals surface area contributed by atoms with Crippen LogP contribution in [0.25, 0.3) is 11.2 Å². The Labute approximate surface area is 189 Å². The minimum atomic E-state index is -0.423. The van der Waals surface area contributed by atoms with Crippen LogP contribution < -0.4 is 11.2 Å². The van der Waals surface area contributed by atoms with Gasteiger partial charge in [-0.2, -0.15) is 0 Å². The number of nitrogens with zero attached hydrogens (tertiary/aromatic N) is 4. The third-order valence-electron chi connectivity index (χ3n) is 5.43. The van der Waals surface area contributed by atoms with E-state index in [4.69, 9.17) is 0 Å². The number of hydrogen-bond acceptors (Lipinski definition) is 5. The Balaban J connectivity index is 1.67. The summed E-state index contributed by atoms with van der Waals surface area (Å²) >= 11 is 1.29. The molecule has 32 heavy (non-hydrogen) atoms. The van der Waals surface area contributed by atoms with Gasteiger partial charge in [-0.25, -0.2) is 9.78 Å². The Morgan fingerprint density at radius 3 is 2.28 bits per heavy atom. The number of imidazole rings is 1. The summed E-state index contributed by atoms with van der Waals surface area (Å²) < 4.78 is 4.33. The smallest absolute Gasteiger partial charge is 0.313 e. The summed E-state index contributed by atoms with van der Waals surface area (Å²) in [5, 5.41) is 0.565. The van der Waals surface area contributed by atoms with E-state index in [9.17, 15) is 14.4 Å². The van der Waals surface area contributed by atoms with Gasteiger partial charge in [-0.1, -0.05) is 72.4 Å². The Morgan fingerprint density at radius 1 is 0.938 bits per heavy atom. The van der Waals surface area contributed by atoms with Gasteiger partial charge in [0, 0.05) is 26.2 Å². The molecule has 0 N–H and O–H groups in total. The molecule has 8 heteroatoms. The number of carbonyl (C=O) groups excluding carboxylic acids is 1. The van der Waals surface area contributed by atoms with E-state index < -0.39 is 5.69 Å². The van der Waals surface area contributed by atoms with Gasteiger partial charge < -0.3 is 4.57 Å². The number of ketones is 1. The summed E-state index contributed by atoms with van der Waals surface area (Å²) in [6, 6.07) is 19.2. The number of carbonyl (C=O) groups is 1. The van der Waals surface area contributed by atoms with Crippen LogP contribution >= 0.6 is 11.8 Å². The molecule has 0 aliphatic rings.